The number of amides is 2. The maximum absolute atomic E-state index is 12.5. The first kappa shape index (κ1) is 16.6. The van der Waals surface area contributed by atoms with Gasteiger partial charge in [-0.3, -0.25) is 14.6 Å². The van der Waals surface area contributed by atoms with Crippen molar-refractivity contribution in [2.75, 3.05) is 26.2 Å². The van der Waals surface area contributed by atoms with E-state index in [0.717, 1.165) is 17.1 Å². The molecule has 0 aromatic carbocycles. The van der Waals surface area contributed by atoms with E-state index < -0.39 is 0 Å². The van der Waals surface area contributed by atoms with E-state index in [1.54, 1.807) is 17.3 Å². The Kier molecular flexibility index (Phi) is 5.20. The van der Waals surface area contributed by atoms with E-state index in [1.165, 1.54) is 11.3 Å². The Labute approximate surface area is 145 Å². The summed E-state index contributed by atoms with van der Waals surface area (Å²) in [6, 6.07) is 5.57. The molecule has 0 aliphatic carbocycles. The maximum Gasteiger partial charge on any atom is 0.265 e. The van der Waals surface area contributed by atoms with E-state index in [9.17, 15) is 9.59 Å². The van der Waals surface area contributed by atoms with Crippen LogP contribution in [0.2, 0.25) is 0 Å². The molecule has 126 valence electrons. The predicted octanol–water partition coefficient (Wildman–Crippen LogP) is 1.63. The second-order valence-electron chi connectivity index (χ2n) is 5.64. The third-order valence-corrected chi connectivity index (χ3v) is 5.17. The molecule has 0 atom stereocenters. The summed E-state index contributed by atoms with van der Waals surface area (Å²) >= 11 is 1.45. The molecular formula is C17H20N4O2S. The maximum atomic E-state index is 12.5. The van der Waals surface area contributed by atoms with Gasteiger partial charge in [-0.2, -0.15) is 0 Å². The van der Waals surface area contributed by atoms with Gasteiger partial charge in [0.2, 0.25) is 5.91 Å². The van der Waals surface area contributed by atoms with E-state index in [1.807, 2.05) is 30.0 Å². The number of hydrogen-bond donors (Lipinski definition) is 0. The highest BCUT2D eigenvalue weighted by Crippen LogP contribution is 2.17. The lowest BCUT2D eigenvalue weighted by Gasteiger charge is -2.34. The summed E-state index contributed by atoms with van der Waals surface area (Å²) in [5, 5.41) is 0.975. The molecule has 1 fully saturated rings. The highest BCUT2D eigenvalue weighted by atomic mass is 32.1. The molecule has 24 heavy (non-hydrogen) atoms. The second kappa shape index (κ2) is 7.53. The fourth-order valence-electron chi connectivity index (χ4n) is 2.66. The summed E-state index contributed by atoms with van der Waals surface area (Å²) in [6.07, 6.45) is 4.50. The van der Waals surface area contributed by atoms with Gasteiger partial charge in [0.05, 0.1) is 17.6 Å². The van der Waals surface area contributed by atoms with Gasteiger partial charge in [0.1, 0.15) is 4.88 Å². The number of carbonyl (C=O) groups is 2. The second-order valence-corrected chi connectivity index (χ2v) is 6.76. The number of piperazine rings is 1. The molecule has 0 spiro atoms. The molecule has 0 bridgehead atoms. The summed E-state index contributed by atoms with van der Waals surface area (Å²) < 4.78 is 0. The van der Waals surface area contributed by atoms with Crippen LogP contribution in [0.1, 0.15) is 27.3 Å². The Balaban J connectivity index is 1.53. The number of thiazole rings is 1. The van der Waals surface area contributed by atoms with Crippen LogP contribution in [0.25, 0.3) is 0 Å². The van der Waals surface area contributed by atoms with Crippen LogP contribution < -0.4 is 0 Å². The largest absolute Gasteiger partial charge is 0.339 e. The number of aryl methyl sites for hydroxylation is 1. The van der Waals surface area contributed by atoms with Gasteiger partial charge in [0.15, 0.2) is 0 Å². The third-order valence-electron chi connectivity index (χ3n) is 4.04. The molecule has 1 aliphatic heterocycles. The molecular weight excluding hydrogens is 324 g/mol. The van der Waals surface area contributed by atoms with Crippen molar-refractivity contribution < 1.29 is 9.59 Å². The van der Waals surface area contributed by atoms with E-state index in [2.05, 4.69) is 9.97 Å². The molecule has 3 rings (SSSR count). The fraction of sp³-hybridized carbons (Fsp3) is 0.412. The monoisotopic (exact) mass is 344 g/mol. The van der Waals surface area contributed by atoms with Crippen LogP contribution in [-0.4, -0.2) is 57.8 Å². The summed E-state index contributed by atoms with van der Waals surface area (Å²) in [5.74, 6) is 0.0795. The lowest BCUT2D eigenvalue weighted by Crippen LogP contribution is -2.50. The van der Waals surface area contributed by atoms with E-state index >= 15 is 0 Å². The minimum atomic E-state index is 0.0176. The minimum absolute atomic E-state index is 0.0176. The van der Waals surface area contributed by atoms with Crippen molar-refractivity contribution in [2.24, 2.45) is 0 Å². The number of pyridine rings is 1. The van der Waals surface area contributed by atoms with Crippen LogP contribution in [0.3, 0.4) is 0 Å². The first-order valence-corrected chi connectivity index (χ1v) is 8.90. The fourth-order valence-corrected chi connectivity index (χ4v) is 3.48. The highest BCUT2D eigenvalue weighted by Gasteiger charge is 2.26. The van der Waals surface area contributed by atoms with Gasteiger partial charge in [-0.25, -0.2) is 4.98 Å². The average molecular weight is 344 g/mol. The van der Waals surface area contributed by atoms with Crippen LogP contribution in [-0.2, 0) is 17.6 Å². The SMILES string of the molecule is CCc1ncc(C(=O)N2CCN(C(=O)Cc3ccccn3)CC2)s1. The zero-order chi connectivity index (χ0) is 16.9. The standard InChI is InChI=1S/C17H20N4O2S/c1-2-15-19-12-14(24-15)17(23)21-9-7-20(8-10-21)16(22)11-13-5-3-4-6-18-13/h3-6,12H,2,7-11H2,1H3. The molecule has 3 heterocycles. The van der Waals surface area contributed by atoms with Gasteiger partial charge >= 0.3 is 0 Å². The molecule has 0 unspecified atom stereocenters. The molecule has 1 aliphatic rings. The van der Waals surface area contributed by atoms with Crippen molar-refractivity contribution in [2.45, 2.75) is 19.8 Å². The van der Waals surface area contributed by atoms with Crippen LogP contribution in [0.5, 0.6) is 0 Å². The van der Waals surface area contributed by atoms with Gasteiger partial charge in [0.25, 0.3) is 5.91 Å². The summed E-state index contributed by atoms with van der Waals surface area (Å²) in [5.41, 5.74) is 0.776. The van der Waals surface area contributed by atoms with Crippen molar-refractivity contribution in [3.63, 3.8) is 0 Å². The Morgan fingerprint density at radius 2 is 1.88 bits per heavy atom. The quantitative estimate of drug-likeness (QED) is 0.845. The van der Waals surface area contributed by atoms with Crippen molar-refractivity contribution in [3.05, 3.63) is 46.2 Å². The number of aromatic nitrogens is 2. The molecule has 0 saturated carbocycles. The predicted molar refractivity (Wildman–Crippen MR) is 91.9 cm³/mol. The van der Waals surface area contributed by atoms with Crippen molar-refractivity contribution in [1.29, 1.82) is 0 Å². The molecule has 6 nitrogen and oxygen atoms in total. The third kappa shape index (κ3) is 3.79. The van der Waals surface area contributed by atoms with Gasteiger partial charge in [-0.1, -0.05) is 13.0 Å². The van der Waals surface area contributed by atoms with E-state index in [-0.39, 0.29) is 11.8 Å². The Morgan fingerprint density at radius 3 is 2.50 bits per heavy atom. The average Bonchev–Trinajstić information content (AvgIpc) is 3.11. The molecule has 1 saturated heterocycles. The van der Waals surface area contributed by atoms with Crippen LogP contribution >= 0.6 is 11.3 Å². The number of nitrogens with zero attached hydrogens (tertiary/aromatic N) is 4. The zero-order valence-electron chi connectivity index (χ0n) is 13.6. The van der Waals surface area contributed by atoms with Gasteiger partial charge < -0.3 is 9.80 Å². The van der Waals surface area contributed by atoms with E-state index in [0.29, 0.717) is 37.5 Å². The normalized spacial score (nSPS) is 14.7. The molecule has 2 aromatic rings. The highest BCUT2D eigenvalue weighted by molar-refractivity contribution is 7.13. The van der Waals surface area contributed by atoms with Crippen molar-refractivity contribution >= 4 is 23.2 Å². The summed E-state index contributed by atoms with van der Waals surface area (Å²) in [7, 11) is 0. The van der Waals surface area contributed by atoms with Crippen LogP contribution in [0.15, 0.2) is 30.6 Å². The lowest BCUT2D eigenvalue weighted by molar-refractivity contribution is -0.132. The molecule has 0 N–H and O–H groups in total. The molecule has 0 radical (unpaired) electrons. The summed E-state index contributed by atoms with van der Waals surface area (Å²) in [4.78, 5) is 37.5. The van der Waals surface area contributed by atoms with Gasteiger partial charge in [0, 0.05) is 38.1 Å². The smallest absolute Gasteiger partial charge is 0.265 e. The Morgan fingerprint density at radius 1 is 1.12 bits per heavy atom. The first-order valence-electron chi connectivity index (χ1n) is 8.09. The zero-order valence-corrected chi connectivity index (χ0v) is 14.5. The molecule has 7 heteroatoms. The van der Waals surface area contributed by atoms with Gasteiger partial charge in [-0.05, 0) is 18.6 Å². The molecule has 2 amide bonds. The van der Waals surface area contributed by atoms with Crippen LogP contribution in [0, 0.1) is 0 Å². The number of hydrogen-bond acceptors (Lipinski definition) is 5. The minimum Gasteiger partial charge on any atom is -0.339 e. The Hall–Kier alpha value is -2.28. The molecule has 2 aromatic heterocycles. The van der Waals surface area contributed by atoms with Crippen molar-refractivity contribution in [1.82, 2.24) is 19.8 Å². The van der Waals surface area contributed by atoms with Gasteiger partial charge in [-0.15, -0.1) is 11.3 Å². The first-order chi connectivity index (χ1) is 11.7. The topological polar surface area (TPSA) is 66.4 Å². The Bertz CT molecular complexity index is 708. The van der Waals surface area contributed by atoms with E-state index in [4.69, 9.17) is 0 Å². The summed E-state index contributed by atoms with van der Waals surface area (Å²) in [6.45, 7) is 4.28. The lowest BCUT2D eigenvalue weighted by atomic mass is 10.2. The van der Waals surface area contributed by atoms with Crippen LogP contribution in [0.4, 0.5) is 0 Å². The number of carbonyl (C=O) groups excluding carboxylic acids is 2. The van der Waals surface area contributed by atoms with Crippen molar-refractivity contribution in [3.8, 4) is 0 Å². The number of rotatable bonds is 4.